The van der Waals surface area contributed by atoms with Gasteiger partial charge in [-0.05, 0) is 12.1 Å². The van der Waals surface area contributed by atoms with Crippen LogP contribution in [0.5, 0.6) is 11.5 Å². The van der Waals surface area contributed by atoms with Gasteiger partial charge >= 0.3 is 6.09 Å². The minimum absolute atomic E-state index is 0.0885. The van der Waals surface area contributed by atoms with Crippen LogP contribution in [0.1, 0.15) is 0 Å². The zero-order valence-corrected chi connectivity index (χ0v) is 8.85. The van der Waals surface area contributed by atoms with Gasteiger partial charge in [-0.2, -0.15) is 0 Å². The summed E-state index contributed by atoms with van der Waals surface area (Å²) in [6.07, 6.45) is -0.368. The average Bonchev–Trinajstić information content (AvgIpc) is 2.30. The maximum Gasteiger partial charge on any atom is 0.415 e. The van der Waals surface area contributed by atoms with Crippen molar-refractivity contribution in [3.05, 3.63) is 24.3 Å². The number of nitrogens with zero attached hydrogens (tertiary/aromatic N) is 1. The Hall–Kier alpha value is -1.75. The number of rotatable bonds is 1. The standard InChI is InChI=1S/C11H14N2O3/c14-9-2-1-3-10(8-9)16-11(15)13-6-4-12-5-7-13/h1-3,8,12,14H,4-7H2. The average molecular weight is 222 g/mol. The summed E-state index contributed by atoms with van der Waals surface area (Å²) >= 11 is 0. The first-order valence-electron chi connectivity index (χ1n) is 5.22. The van der Waals surface area contributed by atoms with Crippen molar-refractivity contribution in [3.8, 4) is 11.5 Å². The second-order valence-electron chi connectivity index (χ2n) is 3.60. The van der Waals surface area contributed by atoms with Crippen LogP contribution in [-0.4, -0.2) is 42.3 Å². The molecule has 0 aliphatic carbocycles. The molecule has 0 atom stereocenters. The summed E-state index contributed by atoms with van der Waals surface area (Å²) in [5, 5.41) is 12.4. The van der Waals surface area contributed by atoms with Crippen LogP contribution in [0.4, 0.5) is 4.79 Å². The number of phenols is 1. The third-order valence-electron chi connectivity index (χ3n) is 2.40. The molecule has 1 heterocycles. The van der Waals surface area contributed by atoms with E-state index in [0.29, 0.717) is 18.8 Å². The van der Waals surface area contributed by atoms with E-state index in [1.54, 1.807) is 17.0 Å². The predicted octanol–water partition coefficient (Wildman–Crippen LogP) is 0.796. The maximum atomic E-state index is 11.7. The van der Waals surface area contributed by atoms with E-state index >= 15 is 0 Å². The molecule has 1 fully saturated rings. The fourth-order valence-electron chi connectivity index (χ4n) is 1.56. The number of piperazine rings is 1. The largest absolute Gasteiger partial charge is 0.508 e. The van der Waals surface area contributed by atoms with Crippen LogP contribution in [0.2, 0.25) is 0 Å². The second kappa shape index (κ2) is 4.85. The highest BCUT2D eigenvalue weighted by atomic mass is 16.6. The van der Waals surface area contributed by atoms with Gasteiger partial charge in [-0.15, -0.1) is 0 Å². The summed E-state index contributed by atoms with van der Waals surface area (Å²) in [4.78, 5) is 13.3. The van der Waals surface area contributed by atoms with Gasteiger partial charge in [0, 0.05) is 32.2 Å². The summed E-state index contributed by atoms with van der Waals surface area (Å²) in [6, 6.07) is 6.22. The van der Waals surface area contributed by atoms with Crippen molar-refractivity contribution < 1.29 is 14.6 Å². The third kappa shape index (κ3) is 2.64. The van der Waals surface area contributed by atoms with E-state index in [2.05, 4.69) is 5.32 Å². The number of nitrogens with one attached hydrogen (secondary N) is 1. The summed E-state index contributed by atoms with van der Waals surface area (Å²) in [5.74, 6) is 0.453. The molecule has 0 bridgehead atoms. The number of hydrogen-bond donors (Lipinski definition) is 2. The highest BCUT2D eigenvalue weighted by Crippen LogP contribution is 2.18. The lowest BCUT2D eigenvalue weighted by Gasteiger charge is -2.26. The number of ether oxygens (including phenoxy) is 1. The van der Waals surface area contributed by atoms with E-state index in [4.69, 9.17) is 4.74 Å². The lowest BCUT2D eigenvalue weighted by molar-refractivity contribution is 0.146. The third-order valence-corrected chi connectivity index (χ3v) is 2.40. The first kappa shape index (κ1) is 10.8. The number of amides is 1. The van der Waals surface area contributed by atoms with Gasteiger partial charge in [-0.1, -0.05) is 6.07 Å². The van der Waals surface area contributed by atoms with E-state index in [0.717, 1.165) is 13.1 Å². The molecule has 1 aliphatic heterocycles. The smallest absolute Gasteiger partial charge is 0.415 e. The van der Waals surface area contributed by atoms with Crippen LogP contribution < -0.4 is 10.1 Å². The number of phenolic OH excluding ortho intramolecular Hbond substituents is 1. The number of aromatic hydroxyl groups is 1. The SMILES string of the molecule is O=C(Oc1cccc(O)c1)N1CCNCC1. The quantitative estimate of drug-likeness (QED) is 0.737. The first-order chi connectivity index (χ1) is 7.75. The van der Waals surface area contributed by atoms with Gasteiger partial charge in [0.1, 0.15) is 11.5 Å². The lowest BCUT2D eigenvalue weighted by Crippen LogP contribution is -2.47. The molecule has 5 nitrogen and oxygen atoms in total. The molecule has 0 radical (unpaired) electrons. The van der Waals surface area contributed by atoms with E-state index in [1.807, 2.05) is 0 Å². The van der Waals surface area contributed by atoms with Gasteiger partial charge in [0.05, 0.1) is 0 Å². The summed E-state index contributed by atoms with van der Waals surface area (Å²) in [5.41, 5.74) is 0. The molecule has 2 rings (SSSR count). The fourth-order valence-corrected chi connectivity index (χ4v) is 1.56. The Kier molecular flexibility index (Phi) is 3.26. The number of carbonyl (C=O) groups excluding carboxylic acids is 1. The Bertz CT molecular complexity index is 375. The summed E-state index contributed by atoms with van der Waals surface area (Å²) in [6.45, 7) is 2.87. The van der Waals surface area contributed by atoms with E-state index in [9.17, 15) is 9.90 Å². The Labute approximate surface area is 93.6 Å². The van der Waals surface area contributed by atoms with E-state index < -0.39 is 0 Å². The molecule has 1 aromatic carbocycles. The molecule has 0 saturated carbocycles. The van der Waals surface area contributed by atoms with Crippen molar-refractivity contribution in [3.63, 3.8) is 0 Å². The Balaban J connectivity index is 1.96. The van der Waals surface area contributed by atoms with Crippen LogP contribution in [0, 0.1) is 0 Å². The molecule has 1 aromatic rings. The lowest BCUT2D eigenvalue weighted by atomic mass is 10.3. The second-order valence-corrected chi connectivity index (χ2v) is 3.60. The van der Waals surface area contributed by atoms with Crippen molar-refractivity contribution in [1.82, 2.24) is 10.2 Å². The molecule has 1 amide bonds. The van der Waals surface area contributed by atoms with Crippen molar-refractivity contribution in [2.75, 3.05) is 26.2 Å². The highest BCUT2D eigenvalue weighted by Gasteiger charge is 2.17. The van der Waals surface area contributed by atoms with Crippen LogP contribution in [0.3, 0.4) is 0 Å². The van der Waals surface area contributed by atoms with Gasteiger partial charge in [0.2, 0.25) is 0 Å². The maximum absolute atomic E-state index is 11.7. The zero-order valence-electron chi connectivity index (χ0n) is 8.85. The minimum Gasteiger partial charge on any atom is -0.508 e. The molecule has 0 spiro atoms. The molecular formula is C11H14N2O3. The van der Waals surface area contributed by atoms with Gasteiger partial charge < -0.3 is 20.1 Å². The molecule has 5 heteroatoms. The zero-order chi connectivity index (χ0) is 11.4. The van der Waals surface area contributed by atoms with Crippen LogP contribution in [0.15, 0.2) is 24.3 Å². The summed E-state index contributed by atoms with van der Waals surface area (Å²) in [7, 11) is 0. The monoisotopic (exact) mass is 222 g/mol. The minimum atomic E-state index is -0.368. The number of benzene rings is 1. The van der Waals surface area contributed by atoms with Crippen molar-refractivity contribution in [2.24, 2.45) is 0 Å². The Morgan fingerprint density at radius 2 is 2.12 bits per heavy atom. The molecule has 2 N–H and O–H groups in total. The van der Waals surface area contributed by atoms with Crippen LogP contribution in [0.25, 0.3) is 0 Å². The van der Waals surface area contributed by atoms with Crippen molar-refractivity contribution in [2.45, 2.75) is 0 Å². The van der Waals surface area contributed by atoms with E-state index in [1.165, 1.54) is 12.1 Å². The fraction of sp³-hybridized carbons (Fsp3) is 0.364. The topological polar surface area (TPSA) is 61.8 Å². The highest BCUT2D eigenvalue weighted by molar-refractivity contribution is 5.71. The first-order valence-corrected chi connectivity index (χ1v) is 5.22. The normalized spacial score (nSPS) is 15.9. The Morgan fingerprint density at radius 1 is 1.38 bits per heavy atom. The molecule has 0 unspecified atom stereocenters. The number of carbonyl (C=O) groups is 1. The number of hydrogen-bond acceptors (Lipinski definition) is 4. The van der Waals surface area contributed by atoms with Gasteiger partial charge in [0.25, 0.3) is 0 Å². The van der Waals surface area contributed by atoms with Gasteiger partial charge in [0.15, 0.2) is 0 Å². The molecule has 16 heavy (non-hydrogen) atoms. The van der Waals surface area contributed by atoms with Crippen molar-refractivity contribution >= 4 is 6.09 Å². The predicted molar refractivity (Wildman–Crippen MR) is 58.6 cm³/mol. The van der Waals surface area contributed by atoms with Crippen molar-refractivity contribution in [1.29, 1.82) is 0 Å². The molecule has 86 valence electrons. The van der Waals surface area contributed by atoms with E-state index in [-0.39, 0.29) is 11.8 Å². The van der Waals surface area contributed by atoms with Gasteiger partial charge in [-0.3, -0.25) is 0 Å². The molecule has 1 saturated heterocycles. The molecular weight excluding hydrogens is 208 g/mol. The van der Waals surface area contributed by atoms with Crippen LogP contribution >= 0.6 is 0 Å². The molecule has 1 aliphatic rings. The summed E-state index contributed by atoms with van der Waals surface area (Å²) < 4.78 is 5.13. The Morgan fingerprint density at radius 3 is 2.81 bits per heavy atom. The van der Waals surface area contributed by atoms with Crippen LogP contribution in [-0.2, 0) is 0 Å². The molecule has 0 aromatic heterocycles. The van der Waals surface area contributed by atoms with Gasteiger partial charge in [-0.25, -0.2) is 4.79 Å².